The van der Waals surface area contributed by atoms with Crippen LogP contribution in [0.1, 0.15) is 34.3 Å². The zero-order valence-electron chi connectivity index (χ0n) is 23.9. The molecule has 2 heterocycles. The van der Waals surface area contributed by atoms with E-state index in [0.717, 1.165) is 22.3 Å². The standard InChI is InChI=1S/C17H15FN2.C17H16FNO2.Na.H2O/c18-17(11-19)12-20(13-17)16(14-7-3-1-4-8-14)15-9-5-2-6-10-15;18-17(16(20)21)11-19(12-17)15(13-7-3-1-4-8-13)14-9-5-2-6-10-14;;/h1-10,16H,12-13H2;1-10,15H,11-12H2,(H,20,21);;1H2/q;;+1;/p-1. The van der Waals surface area contributed by atoms with Crippen molar-refractivity contribution in [1.29, 1.82) is 5.26 Å². The van der Waals surface area contributed by atoms with E-state index in [2.05, 4.69) is 0 Å². The number of hydrogen-bond acceptors (Lipinski definition) is 5. The molecule has 0 radical (unpaired) electrons. The Kier molecular flexibility index (Phi) is 11.8. The minimum absolute atomic E-state index is 0. The van der Waals surface area contributed by atoms with Gasteiger partial charge in [-0.2, -0.15) is 5.26 Å². The van der Waals surface area contributed by atoms with E-state index in [1.54, 1.807) is 6.07 Å². The van der Waals surface area contributed by atoms with Gasteiger partial charge in [-0.15, -0.1) is 0 Å². The van der Waals surface area contributed by atoms with E-state index < -0.39 is 17.3 Å². The average Bonchev–Trinajstić information content (AvgIpc) is 2.98. The molecule has 0 aliphatic carbocycles. The number of carbonyl (C=O) groups is 1. The molecule has 2 N–H and O–H groups in total. The number of carboxylic acids is 1. The summed E-state index contributed by atoms with van der Waals surface area (Å²) in [6.07, 6.45) is 0. The van der Waals surface area contributed by atoms with Gasteiger partial charge in [-0.25, -0.2) is 13.6 Å². The fourth-order valence-electron chi connectivity index (χ4n) is 5.54. The molecule has 2 aliphatic rings. The van der Waals surface area contributed by atoms with E-state index in [-0.39, 0.29) is 73.3 Å². The molecule has 6 nitrogen and oxygen atoms in total. The van der Waals surface area contributed by atoms with E-state index in [0.29, 0.717) is 0 Å². The molecule has 0 unspecified atom stereocenters. The van der Waals surface area contributed by atoms with Gasteiger partial charge in [-0.3, -0.25) is 9.80 Å². The van der Waals surface area contributed by atoms with Crippen LogP contribution >= 0.6 is 0 Å². The van der Waals surface area contributed by atoms with Gasteiger partial charge in [0.15, 0.2) is 0 Å². The summed E-state index contributed by atoms with van der Waals surface area (Å²) in [5, 5.41) is 17.8. The van der Waals surface area contributed by atoms with Crippen LogP contribution in [0.4, 0.5) is 8.78 Å². The predicted molar refractivity (Wildman–Crippen MR) is 155 cm³/mol. The number of rotatable bonds is 7. The van der Waals surface area contributed by atoms with E-state index >= 15 is 0 Å². The number of nitrogens with zero attached hydrogens (tertiary/aromatic N) is 3. The van der Waals surface area contributed by atoms with Crippen molar-refractivity contribution in [1.82, 2.24) is 9.80 Å². The van der Waals surface area contributed by atoms with Crippen molar-refractivity contribution in [3.05, 3.63) is 144 Å². The van der Waals surface area contributed by atoms with Crippen LogP contribution in [0.3, 0.4) is 0 Å². The van der Waals surface area contributed by atoms with E-state index in [9.17, 15) is 13.6 Å². The molecule has 4 aromatic carbocycles. The largest absolute Gasteiger partial charge is 1.00 e. The summed E-state index contributed by atoms with van der Waals surface area (Å²) in [5.74, 6) is -1.38. The summed E-state index contributed by atoms with van der Waals surface area (Å²) in [4.78, 5) is 14.8. The quantitative estimate of drug-likeness (QED) is 0.332. The number of likely N-dealkylation sites (tertiary alicyclic amines) is 2. The van der Waals surface area contributed by atoms with Crippen molar-refractivity contribution in [3.63, 3.8) is 0 Å². The number of halogens is 2. The van der Waals surface area contributed by atoms with E-state index in [4.69, 9.17) is 10.4 Å². The van der Waals surface area contributed by atoms with E-state index in [1.165, 1.54) is 0 Å². The van der Waals surface area contributed by atoms with Gasteiger partial charge >= 0.3 is 35.5 Å². The Balaban J connectivity index is 0.000000225. The number of nitriles is 1. The Morgan fingerprint density at radius 3 is 1.19 bits per heavy atom. The predicted octanol–water partition coefficient (Wildman–Crippen LogP) is 3.04. The Bertz CT molecular complexity index is 1400. The van der Waals surface area contributed by atoms with Crippen LogP contribution in [0.5, 0.6) is 0 Å². The smallest absolute Gasteiger partial charge is 0.870 e. The first kappa shape index (κ1) is 34.1. The van der Waals surface area contributed by atoms with Crippen LogP contribution in [-0.2, 0) is 4.79 Å². The van der Waals surface area contributed by atoms with Crippen LogP contribution in [0.15, 0.2) is 121 Å². The third-order valence-electron chi connectivity index (χ3n) is 7.59. The van der Waals surface area contributed by atoms with Crippen LogP contribution in [-0.4, -0.2) is 63.9 Å². The molecule has 2 saturated heterocycles. The second kappa shape index (κ2) is 14.8. The SMILES string of the molecule is N#CC1(F)CN(C(c2ccccc2)c2ccccc2)C1.O=C(O)C1(F)CN(C(c2ccccc2)c2ccccc2)C1.[Na+].[OH-]. The number of aliphatic carboxylic acids is 1. The van der Waals surface area contributed by atoms with Gasteiger partial charge in [0.05, 0.1) is 12.1 Å². The topological polar surface area (TPSA) is 97.6 Å². The number of hydrogen-bond donors (Lipinski definition) is 1. The Hall–Kier alpha value is -3.42. The fraction of sp³-hybridized carbons (Fsp3) is 0.235. The molecule has 43 heavy (non-hydrogen) atoms. The molecule has 4 aromatic rings. The van der Waals surface area contributed by atoms with Gasteiger partial charge in [-0.05, 0) is 22.3 Å². The van der Waals surface area contributed by atoms with Gasteiger partial charge in [-0.1, -0.05) is 121 Å². The summed E-state index contributed by atoms with van der Waals surface area (Å²) in [6, 6.07) is 41.2. The third kappa shape index (κ3) is 7.76. The first-order chi connectivity index (χ1) is 19.8. The van der Waals surface area contributed by atoms with Crippen molar-refractivity contribution in [2.24, 2.45) is 0 Å². The molecule has 0 bridgehead atoms. The monoisotopic (exact) mass is 591 g/mol. The third-order valence-corrected chi connectivity index (χ3v) is 7.59. The molecule has 2 fully saturated rings. The maximum Gasteiger partial charge on any atom is 1.00 e. The van der Waals surface area contributed by atoms with Gasteiger partial charge < -0.3 is 10.6 Å². The molecular formula is C34H32F2N3NaO3. The van der Waals surface area contributed by atoms with Crippen molar-refractivity contribution in [3.8, 4) is 6.07 Å². The van der Waals surface area contributed by atoms with Crippen LogP contribution in [0, 0.1) is 11.3 Å². The first-order valence-electron chi connectivity index (χ1n) is 13.5. The summed E-state index contributed by atoms with van der Waals surface area (Å²) in [5.41, 5.74) is 0.508. The molecule has 0 spiro atoms. The maximum atomic E-state index is 14.0. The molecule has 0 aromatic heterocycles. The maximum absolute atomic E-state index is 14.0. The molecule has 0 atom stereocenters. The summed E-state index contributed by atoms with van der Waals surface area (Å²) in [6.45, 7) is 0.156. The van der Waals surface area contributed by atoms with Gasteiger partial charge in [0.1, 0.15) is 6.07 Å². The number of alkyl halides is 2. The van der Waals surface area contributed by atoms with Crippen LogP contribution in [0.25, 0.3) is 0 Å². The molecule has 9 heteroatoms. The number of benzene rings is 4. The summed E-state index contributed by atoms with van der Waals surface area (Å²) >= 11 is 0. The first-order valence-corrected chi connectivity index (χ1v) is 13.5. The minimum atomic E-state index is -2.12. The molecule has 6 rings (SSSR count). The van der Waals surface area contributed by atoms with E-state index in [1.807, 2.05) is 131 Å². The zero-order valence-corrected chi connectivity index (χ0v) is 25.9. The molecule has 0 saturated carbocycles. The van der Waals surface area contributed by atoms with Crippen molar-refractivity contribution >= 4 is 5.97 Å². The Morgan fingerprint density at radius 2 is 0.930 bits per heavy atom. The van der Waals surface area contributed by atoms with Gasteiger partial charge in [0.25, 0.3) is 0 Å². The number of carboxylic acid groups (broad SMARTS) is 1. The van der Waals surface area contributed by atoms with Gasteiger partial charge in [0, 0.05) is 26.2 Å². The molecular weight excluding hydrogens is 559 g/mol. The van der Waals surface area contributed by atoms with Gasteiger partial charge in [0.2, 0.25) is 11.3 Å². The Morgan fingerprint density at radius 1 is 0.651 bits per heavy atom. The summed E-state index contributed by atoms with van der Waals surface area (Å²) in [7, 11) is 0. The van der Waals surface area contributed by atoms with Crippen molar-refractivity contribution in [2.75, 3.05) is 26.2 Å². The van der Waals surface area contributed by atoms with Crippen LogP contribution < -0.4 is 29.6 Å². The van der Waals surface area contributed by atoms with Crippen molar-refractivity contribution in [2.45, 2.75) is 23.4 Å². The second-order valence-electron chi connectivity index (χ2n) is 10.6. The van der Waals surface area contributed by atoms with Crippen molar-refractivity contribution < 1.29 is 53.7 Å². The summed E-state index contributed by atoms with van der Waals surface area (Å²) < 4.78 is 27.9. The minimum Gasteiger partial charge on any atom is -0.870 e. The molecule has 2 aliphatic heterocycles. The zero-order chi connectivity index (χ0) is 28.9. The molecule has 0 amide bonds. The normalized spacial score (nSPS) is 16.6. The molecule has 216 valence electrons. The average molecular weight is 592 g/mol. The van der Waals surface area contributed by atoms with Crippen LogP contribution in [0.2, 0.25) is 0 Å². The Labute approximate surface area is 272 Å². The second-order valence-corrected chi connectivity index (χ2v) is 10.6. The fourth-order valence-corrected chi connectivity index (χ4v) is 5.54.